The van der Waals surface area contributed by atoms with E-state index in [9.17, 15) is 4.79 Å². The van der Waals surface area contributed by atoms with Gasteiger partial charge >= 0.3 is 6.03 Å². The second kappa shape index (κ2) is 8.43. The highest BCUT2D eigenvalue weighted by atomic mass is 79.9. The van der Waals surface area contributed by atoms with Crippen LogP contribution in [-0.4, -0.2) is 26.8 Å². The summed E-state index contributed by atoms with van der Waals surface area (Å²) in [5, 5.41) is 5.60. The van der Waals surface area contributed by atoms with Crippen molar-refractivity contribution >= 4 is 27.6 Å². The predicted octanol–water partition coefficient (Wildman–Crippen LogP) is 3.83. The third-order valence-corrected chi connectivity index (χ3v) is 3.78. The number of anilines is 1. The third kappa shape index (κ3) is 5.17. The number of halogens is 1. The van der Waals surface area contributed by atoms with Gasteiger partial charge in [-0.15, -0.1) is 0 Å². The molecule has 5 nitrogen and oxygen atoms in total. The van der Waals surface area contributed by atoms with E-state index >= 15 is 0 Å². The Morgan fingerprint density at radius 3 is 2.39 bits per heavy atom. The molecule has 0 aromatic heterocycles. The highest BCUT2D eigenvalue weighted by Crippen LogP contribution is 2.29. The van der Waals surface area contributed by atoms with Crippen molar-refractivity contribution in [1.82, 2.24) is 5.32 Å². The SMILES string of the molecule is COc1ccc(NC(=O)NCCc2ccc(Br)cc2)cc1OC. The Hall–Kier alpha value is -2.21. The van der Waals surface area contributed by atoms with Crippen molar-refractivity contribution in [3.63, 3.8) is 0 Å². The minimum absolute atomic E-state index is 0.255. The van der Waals surface area contributed by atoms with Crippen LogP contribution in [0.2, 0.25) is 0 Å². The number of methoxy groups -OCH3 is 2. The summed E-state index contributed by atoms with van der Waals surface area (Å²) < 4.78 is 11.4. The van der Waals surface area contributed by atoms with Crippen molar-refractivity contribution in [1.29, 1.82) is 0 Å². The lowest BCUT2D eigenvalue weighted by Gasteiger charge is -2.11. The molecule has 122 valence electrons. The molecule has 6 heteroatoms. The normalized spacial score (nSPS) is 10.0. The molecular formula is C17H19BrN2O3. The number of nitrogens with one attached hydrogen (secondary N) is 2. The number of rotatable bonds is 6. The molecular weight excluding hydrogens is 360 g/mol. The number of carbonyl (C=O) groups is 1. The lowest BCUT2D eigenvalue weighted by Crippen LogP contribution is -2.30. The molecule has 0 unspecified atom stereocenters. The number of hydrogen-bond acceptors (Lipinski definition) is 3. The van der Waals surface area contributed by atoms with E-state index in [-0.39, 0.29) is 6.03 Å². The van der Waals surface area contributed by atoms with Crippen molar-refractivity contribution in [2.45, 2.75) is 6.42 Å². The van der Waals surface area contributed by atoms with Gasteiger partial charge in [-0.1, -0.05) is 28.1 Å². The van der Waals surface area contributed by atoms with Crippen LogP contribution in [0, 0.1) is 0 Å². The highest BCUT2D eigenvalue weighted by Gasteiger charge is 2.07. The number of benzene rings is 2. The van der Waals surface area contributed by atoms with Crippen LogP contribution < -0.4 is 20.1 Å². The van der Waals surface area contributed by atoms with E-state index in [4.69, 9.17) is 9.47 Å². The van der Waals surface area contributed by atoms with E-state index < -0.39 is 0 Å². The number of amides is 2. The van der Waals surface area contributed by atoms with Crippen LogP contribution in [-0.2, 0) is 6.42 Å². The first-order valence-corrected chi connectivity index (χ1v) is 7.93. The summed E-state index contributed by atoms with van der Waals surface area (Å²) in [6, 6.07) is 13.0. The smallest absolute Gasteiger partial charge is 0.319 e. The summed E-state index contributed by atoms with van der Waals surface area (Å²) in [4.78, 5) is 11.9. The van der Waals surface area contributed by atoms with Gasteiger partial charge in [0.2, 0.25) is 0 Å². The van der Waals surface area contributed by atoms with Gasteiger partial charge in [0, 0.05) is 22.8 Å². The summed E-state index contributed by atoms with van der Waals surface area (Å²) in [6.07, 6.45) is 0.770. The maximum atomic E-state index is 11.9. The number of urea groups is 1. The molecule has 2 rings (SSSR count). The topological polar surface area (TPSA) is 59.6 Å². The highest BCUT2D eigenvalue weighted by molar-refractivity contribution is 9.10. The molecule has 0 saturated carbocycles. The molecule has 0 spiro atoms. The van der Waals surface area contributed by atoms with Gasteiger partial charge in [0.05, 0.1) is 14.2 Å². The van der Waals surface area contributed by atoms with Crippen LogP contribution in [0.4, 0.5) is 10.5 Å². The molecule has 0 fully saturated rings. The fourth-order valence-corrected chi connectivity index (χ4v) is 2.33. The quantitative estimate of drug-likeness (QED) is 0.802. The second-order valence-corrected chi connectivity index (χ2v) is 5.74. The van der Waals surface area contributed by atoms with Crippen molar-refractivity contribution in [3.05, 3.63) is 52.5 Å². The Morgan fingerprint density at radius 1 is 1.04 bits per heavy atom. The van der Waals surface area contributed by atoms with Crippen molar-refractivity contribution in [2.24, 2.45) is 0 Å². The minimum atomic E-state index is -0.255. The molecule has 0 saturated heterocycles. The van der Waals surface area contributed by atoms with Gasteiger partial charge in [-0.25, -0.2) is 4.79 Å². The molecule has 0 bridgehead atoms. The Balaban J connectivity index is 1.83. The fourth-order valence-electron chi connectivity index (χ4n) is 2.06. The van der Waals surface area contributed by atoms with Gasteiger partial charge in [0.1, 0.15) is 0 Å². The lowest BCUT2D eigenvalue weighted by atomic mass is 10.1. The first-order valence-electron chi connectivity index (χ1n) is 7.13. The van der Waals surface area contributed by atoms with Gasteiger partial charge in [-0.3, -0.25) is 0 Å². The summed E-state index contributed by atoms with van der Waals surface area (Å²) in [6.45, 7) is 0.556. The number of carbonyl (C=O) groups excluding carboxylic acids is 1. The predicted molar refractivity (Wildman–Crippen MR) is 94.4 cm³/mol. The molecule has 2 amide bonds. The lowest BCUT2D eigenvalue weighted by molar-refractivity contribution is 0.252. The summed E-state index contributed by atoms with van der Waals surface area (Å²) in [7, 11) is 3.12. The first kappa shape index (κ1) is 17.1. The van der Waals surface area contributed by atoms with E-state index in [1.807, 2.05) is 24.3 Å². The Labute approximate surface area is 144 Å². The molecule has 2 aromatic rings. The molecule has 0 heterocycles. The second-order valence-electron chi connectivity index (χ2n) is 4.83. The zero-order valence-electron chi connectivity index (χ0n) is 13.1. The Kier molecular flexibility index (Phi) is 6.29. The third-order valence-electron chi connectivity index (χ3n) is 3.25. The van der Waals surface area contributed by atoms with Gasteiger partial charge in [0.15, 0.2) is 11.5 Å². The van der Waals surface area contributed by atoms with Crippen molar-refractivity contribution < 1.29 is 14.3 Å². The van der Waals surface area contributed by atoms with Crippen LogP contribution in [0.5, 0.6) is 11.5 Å². The van der Waals surface area contributed by atoms with Gasteiger partial charge in [0.25, 0.3) is 0 Å². The monoisotopic (exact) mass is 378 g/mol. The van der Waals surface area contributed by atoms with Gasteiger partial charge in [-0.2, -0.15) is 0 Å². The standard InChI is InChI=1S/C17H19BrN2O3/c1-22-15-8-7-14(11-16(15)23-2)20-17(21)19-10-9-12-3-5-13(18)6-4-12/h3-8,11H,9-10H2,1-2H3,(H2,19,20,21). The molecule has 0 aliphatic rings. The average Bonchev–Trinajstić information content (AvgIpc) is 2.56. The van der Waals surface area contributed by atoms with Crippen LogP contribution in [0.15, 0.2) is 46.9 Å². The van der Waals surface area contributed by atoms with Crippen LogP contribution in [0.25, 0.3) is 0 Å². The zero-order valence-corrected chi connectivity index (χ0v) is 14.6. The van der Waals surface area contributed by atoms with Gasteiger partial charge < -0.3 is 20.1 Å². The van der Waals surface area contributed by atoms with Crippen molar-refractivity contribution in [2.75, 3.05) is 26.1 Å². The van der Waals surface area contributed by atoms with Gasteiger partial charge in [-0.05, 0) is 36.2 Å². The Morgan fingerprint density at radius 2 is 1.74 bits per heavy atom. The van der Waals surface area contributed by atoms with E-state index in [1.54, 1.807) is 32.4 Å². The molecule has 0 radical (unpaired) electrons. The van der Waals surface area contributed by atoms with Crippen LogP contribution in [0.3, 0.4) is 0 Å². The largest absolute Gasteiger partial charge is 0.493 e. The summed E-state index contributed by atoms with van der Waals surface area (Å²) in [5.41, 5.74) is 1.81. The molecule has 0 atom stereocenters. The number of hydrogen-bond donors (Lipinski definition) is 2. The first-order chi connectivity index (χ1) is 11.1. The molecule has 0 aliphatic heterocycles. The van der Waals surface area contributed by atoms with E-state index in [2.05, 4.69) is 26.6 Å². The maximum absolute atomic E-state index is 11.9. The summed E-state index contributed by atoms with van der Waals surface area (Å²) >= 11 is 3.40. The summed E-state index contributed by atoms with van der Waals surface area (Å²) in [5.74, 6) is 1.19. The van der Waals surface area contributed by atoms with Crippen molar-refractivity contribution in [3.8, 4) is 11.5 Å². The van der Waals surface area contributed by atoms with E-state index in [0.29, 0.717) is 23.7 Å². The minimum Gasteiger partial charge on any atom is -0.493 e. The Bertz CT molecular complexity index is 659. The van der Waals surface area contributed by atoms with Crippen LogP contribution in [0.1, 0.15) is 5.56 Å². The maximum Gasteiger partial charge on any atom is 0.319 e. The molecule has 2 N–H and O–H groups in total. The molecule has 0 aliphatic carbocycles. The fraction of sp³-hybridized carbons (Fsp3) is 0.235. The molecule has 2 aromatic carbocycles. The molecule has 23 heavy (non-hydrogen) atoms. The number of ether oxygens (including phenoxy) is 2. The average molecular weight is 379 g/mol. The van der Waals surface area contributed by atoms with E-state index in [1.165, 1.54) is 5.56 Å². The van der Waals surface area contributed by atoms with E-state index in [0.717, 1.165) is 10.9 Å². The zero-order chi connectivity index (χ0) is 16.7. The van der Waals surface area contributed by atoms with Crippen LogP contribution >= 0.6 is 15.9 Å².